The standard InChI is InChI=1S/C6H8N2O2/c1-6(5(7)10)3-2-4(9)8-6/h2-3H,1H3,(H2,7,10)(H,8,9). The average molecular weight is 140 g/mol. The summed E-state index contributed by atoms with van der Waals surface area (Å²) in [6, 6.07) is 0. The summed E-state index contributed by atoms with van der Waals surface area (Å²) in [6.45, 7) is 1.55. The summed E-state index contributed by atoms with van der Waals surface area (Å²) in [6.07, 6.45) is 2.75. The highest BCUT2D eigenvalue weighted by atomic mass is 16.2. The number of rotatable bonds is 1. The van der Waals surface area contributed by atoms with Crippen LogP contribution in [-0.4, -0.2) is 17.4 Å². The van der Waals surface area contributed by atoms with Gasteiger partial charge in [0.15, 0.2) is 0 Å². The molecule has 0 aromatic carbocycles. The van der Waals surface area contributed by atoms with Crippen molar-refractivity contribution in [2.24, 2.45) is 5.73 Å². The molecular weight excluding hydrogens is 132 g/mol. The lowest BCUT2D eigenvalue weighted by molar-refractivity contribution is -0.126. The van der Waals surface area contributed by atoms with Crippen LogP contribution >= 0.6 is 0 Å². The van der Waals surface area contributed by atoms with Crippen molar-refractivity contribution in [1.29, 1.82) is 0 Å². The summed E-state index contributed by atoms with van der Waals surface area (Å²) in [5.74, 6) is -0.823. The molecule has 0 aromatic heterocycles. The third kappa shape index (κ3) is 0.877. The van der Waals surface area contributed by atoms with E-state index in [1.54, 1.807) is 6.92 Å². The topological polar surface area (TPSA) is 72.2 Å². The highest BCUT2D eigenvalue weighted by molar-refractivity contribution is 6.00. The molecule has 1 unspecified atom stereocenters. The zero-order chi connectivity index (χ0) is 7.78. The van der Waals surface area contributed by atoms with Crippen LogP contribution in [0, 0.1) is 0 Å². The number of primary amides is 1. The SMILES string of the molecule is CC1(C(N)=O)C=CC(=O)N1. The summed E-state index contributed by atoms with van der Waals surface area (Å²) in [5.41, 5.74) is 4.01. The lowest BCUT2D eigenvalue weighted by Gasteiger charge is -2.16. The van der Waals surface area contributed by atoms with Crippen molar-refractivity contribution in [2.45, 2.75) is 12.5 Å². The van der Waals surface area contributed by atoms with E-state index < -0.39 is 11.4 Å². The normalized spacial score (nSPS) is 30.3. The molecule has 2 amide bonds. The molecule has 0 radical (unpaired) electrons. The molecule has 4 heteroatoms. The number of hydrogen-bond acceptors (Lipinski definition) is 2. The van der Waals surface area contributed by atoms with Gasteiger partial charge in [-0.3, -0.25) is 9.59 Å². The molecule has 0 saturated heterocycles. The van der Waals surface area contributed by atoms with Crippen LogP contribution in [0.5, 0.6) is 0 Å². The predicted octanol–water partition coefficient (Wildman–Crippen LogP) is -1.08. The molecule has 10 heavy (non-hydrogen) atoms. The predicted molar refractivity (Wildman–Crippen MR) is 34.9 cm³/mol. The molecule has 1 aliphatic rings. The van der Waals surface area contributed by atoms with Crippen LogP contribution < -0.4 is 11.1 Å². The van der Waals surface area contributed by atoms with Crippen molar-refractivity contribution < 1.29 is 9.59 Å². The Labute approximate surface area is 58.1 Å². The van der Waals surface area contributed by atoms with Gasteiger partial charge in [0.05, 0.1) is 0 Å². The molecule has 0 bridgehead atoms. The van der Waals surface area contributed by atoms with Gasteiger partial charge < -0.3 is 11.1 Å². The summed E-state index contributed by atoms with van der Waals surface area (Å²) in [4.78, 5) is 21.2. The molecule has 3 N–H and O–H groups in total. The van der Waals surface area contributed by atoms with Gasteiger partial charge in [-0.2, -0.15) is 0 Å². The minimum absolute atomic E-state index is 0.277. The first kappa shape index (κ1) is 6.80. The molecule has 1 heterocycles. The van der Waals surface area contributed by atoms with E-state index in [0.29, 0.717) is 0 Å². The Morgan fingerprint density at radius 3 is 2.60 bits per heavy atom. The fraction of sp³-hybridized carbons (Fsp3) is 0.333. The van der Waals surface area contributed by atoms with Crippen molar-refractivity contribution in [3.05, 3.63) is 12.2 Å². The van der Waals surface area contributed by atoms with Gasteiger partial charge in [-0.05, 0) is 13.0 Å². The molecule has 1 atom stereocenters. The second-order valence-electron chi connectivity index (χ2n) is 2.39. The Morgan fingerprint density at radius 2 is 2.40 bits per heavy atom. The molecule has 54 valence electrons. The fourth-order valence-corrected chi connectivity index (χ4v) is 0.725. The van der Waals surface area contributed by atoms with E-state index >= 15 is 0 Å². The first-order valence-electron chi connectivity index (χ1n) is 2.86. The molecule has 4 nitrogen and oxygen atoms in total. The Kier molecular flexibility index (Phi) is 1.24. The second kappa shape index (κ2) is 1.83. The van der Waals surface area contributed by atoms with E-state index in [9.17, 15) is 9.59 Å². The number of carbonyl (C=O) groups excluding carboxylic acids is 2. The van der Waals surface area contributed by atoms with Gasteiger partial charge in [0.2, 0.25) is 11.8 Å². The van der Waals surface area contributed by atoms with Gasteiger partial charge in [0.1, 0.15) is 5.54 Å². The molecule has 0 spiro atoms. The number of amides is 2. The van der Waals surface area contributed by atoms with Gasteiger partial charge >= 0.3 is 0 Å². The zero-order valence-corrected chi connectivity index (χ0v) is 5.55. The van der Waals surface area contributed by atoms with Crippen LogP contribution in [0.15, 0.2) is 12.2 Å². The van der Waals surface area contributed by atoms with Crippen molar-refractivity contribution in [1.82, 2.24) is 5.32 Å². The van der Waals surface area contributed by atoms with E-state index in [-0.39, 0.29) is 5.91 Å². The van der Waals surface area contributed by atoms with Gasteiger partial charge in [-0.15, -0.1) is 0 Å². The molecule has 0 fully saturated rings. The monoisotopic (exact) mass is 140 g/mol. The molecule has 0 saturated carbocycles. The highest BCUT2D eigenvalue weighted by Crippen LogP contribution is 2.09. The van der Waals surface area contributed by atoms with E-state index in [2.05, 4.69) is 5.32 Å². The van der Waals surface area contributed by atoms with Crippen molar-refractivity contribution in [2.75, 3.05) is 0 Å². The maximum absolute atomic E-state index is 10.6. The molecule has 1 rings (SSSR count). The van der Waals surface area contributed by atoms with Crippen molar-refractivity contribution in [3.8, 4) is 0 Å². The molecule has 0 aromatic rings. The molecule has 0 aliphatic carbocycles. The Bertz CT molecular complexity index is 222. The second-order valence-corrected chi connectivity index (χ2v) is 2.39. The maximum atomic E-state index is 10.6. The zero-order valence-electron chi connectivity index (χ0n) is 5.55. The number of nitrogens with one attached hydrogen (secondary N) is 1. The number of nitrogens with two attached hydrogens (primary N) is 1. The van der Waals surface area contributed by atoms with E-state index in [1.807, 2.05) is 0 Å². The molecular formula is C6H8N2O2. The fourth-order valence-electron chi connectivity index (χ4n) is 0.725. The van der Waals surface area contributed by atoms with Crippen LogP contribution in [-0.2, 0) is 9.59 Å². The van der Waals surface area contributed by atoms with Crippen molar-refractivity contribution >= 4 is 11.8 Å². The van der Waals surface area contributed by atoms with Gasteiger partial charge in [0.25, 0.3) is 0 Å². The van der Waals surface area contributed by atoms with E-state index in [1.165, 1.54) is 12.2 Å². The third-order valence-corrected chi connectivity index (χ3v) is 1.46. The van der Waals surface area contributed by atoms with Crippen LogP contribution in [0.25, 0.3) is 0 Å². The van der Waals surface area contributed by atoms with Crippen LogP contribution in [0.2, 0.25) is 0 Å². The van der Waals surface area contributed by atoms with E-state index in [4.69, 9.17) is 5.73 Å². The lowest BCUT2D eigenvalue weighted by Crippen LogP contribution is -2.50. The Hall–Kier alpha value is -1.32. The third-order valence-electron chi connectivity index (χ3n) is 1.46. The molecule has 1 aliphatic heterocycles. The summed E-state index contributed by atoms with van der Waals surface area (Å²) in [5, 5.41) is 2.41. The van der Waals surface area contributed by atoms with Crippen molar-refractivity contribution in [3.63, 3.8) is 0 Å². The van der Waals surface area contributed by atoms with Gasteiger partial charge in [0, 0.05) is 6.08 Å². The summed E-state index contributed by atoms with van der Waals surface area (Å²) >= 11 is 0. The minimum atomic E-state index is -0.975. The van der Waals surface area contributed by atoms with Crippen LogP contribution in [0.4, 0.5) is 0 Å². The minimum Gasteiger partial charge on any atom is -0.367 e. The number of hydrogen-bond donors (Lipinski definition) is 2. The quantitative estimate of drug-likeness (QED) is 0.486. The largest absolute Gasteiger partial charge is 0.367 e. The average Bonchev–Trinajstić information content (AvgIpc) is 2.13. The van der Waals surface area contributed by atoms with Crippen LogP contribution in [0.1, 0.15) is 6.92 Å². The highest BCUT2D eigenvalue weighted by Gasteiger charge is 2.33. The smallest absolute Gasteiger partial charge is 0.246 e. The van der Waals surface area contributed by atoms with Crippen LogP contribution in [0.3, 0.4) is 0 Å². The first-order chi connectivity index (χ1) is 4.54. The number of carbonyl (C=O) groups is 2. The summed E-state index contributed by atoms with van der Waals surface area (Å²) in [7, 11) is 0. The van der Waals surface area contributed by atoms with Gasteiger partial charge in [-0.1, -0.05) is 0 Å². The lowest BCUT2D eigenvalue weighted by atomic mass is 10.0. The van der Waals surface area contributed by atoms with E-state index in [0.717, 1.165) is 0 Å². The van der Waals surface area contributed by atoms with Gasteiger partial charge in [-0.25, -0.2) is 0 Å². The summed E-state index contributed by atoms with van der Waals surface area (Å²) < 4.78 is 0. The Balaban J connectivity index is 2.84. The first-order valence-corrected chi connectivity index (χ1v) is 2.86. The Morgan fingerprint density at radius 1 is 1.80 bits per heavy atom. The maximum Gasteiger partial charge on any atom is 0.246 e.